The number of aliphatic hydroxyl groups is 1. The minimum Gasteiger partial charge on any atom is -0.493 e. The van der Waals surface area contributed by atoms with E-state index in [1.54, 1.807) is 18.2 Å². The number of carbonyl (C=O) groups is 2. The highest BCUT2D eigenvalue weighted by Crippen LogP contribution is 2.48. The van der Waals surface area contributed by atoms with Crippen LogP contribution >= 0.6 is 0 Å². The van der Waals surface area contributed by atoms with E-state index in [2.05, 4.69) is 0 Å². The first-order valence-corrected chi connectivity index (χ1v) is 8.77. The fraction of sp³-hybridized carbons (Fsp3) is 0.300. The van der Waals surface area contributed by atoms with Gasteiger partial charge in [0.15, 0.2) is 23.0 Å². The second-order valence-corrected chi connectivity index (χ2v) is 6.79. The molecule has 144 valence electrons. The van der Waals surface area contributed by atoms with Crippen molar-refractivity contribution < 1.29 is 33.6 Å². The first-order valence-electron chi connectivity index (χ1n) is 8.77. The summed E-state index contributed by atoms with van der Waals surface area (Å²) in [5, 5.41) is 11.5. The smallest absolute Gasteiger partial charge is 0.261 e. The summed E-state index contributed by atoms with van der Waals surface area (Å²) < 4.78 is 21.4. The average molecular weight is 383 g/mol. The molecule has 3 aliphatic heterocycles. The zero-order valence-corrected chi connectivity index (χ0v) is 15.3. The van der Waals surface area contributed by atoms with Gasteiger partial charge >= 0.3 is 0 Å². The number of hydrogen-bond acceptors (Lipinski definition) is 7. The molecule has 28 heavy (non-hydrogen) atoms. The van der Waals surface area contributed by atoms with E-state index in [9.17, 15) is 14.7 Å². The summed E-state index contributed by atoms with van der Waals surface area (Å²) in [5.41, 5.74) is -0.847. The minimum atomic E-state index is -2.11. The van der Waals surface area contributed by atoms with Gasteiger partial charge in [0.2, 0.25) is 18.3 Å². The molecule has 0 spiro atoms. The Kier molecular flexibility index (Phi) is 3.39. The number of rotatable bonds is 2. The van der Waals surface area contributed by atoms with Crippen LogP contribution in [0.4, 0.5) is 0 Å². The second-order valence-electron chi connectivity index (χ2n) is 6.79. The van der Waals surface area contributed by atoms with E-state index < -0.39 is 17.4 Å². The molecule has 0 aromatic heterocycles. The lowest BCUT2D eigenvalue weighted by molar-refractivity contribution is -0.0739. The summed E-state index contributed by atoms with van der Waals surface area (Å²) in [6, 6.07) is 6.37. The van der Waals surface area contributed by atoms with Crippen molar-refractivity contribution in [2.24, 2.45) is 0 Å². The molecule has 2 aromatic rings. The molecule has 1 amide bonds. The molecule has 3 aliphatic rings. The van der Waals surface area contributed by atoms with Crippen LogP contribution in [0.25, 0.3) is 0 Å². The zero-order chi connectivity index (χ0) is 19.6. The van der Waals surface area contributed by atoms with Crippen LogP contribution in [0.15, 0.2) is 24.3 Å². The lowest BCUT2D eigenvalue weighted by Gasteiger charge is -2.46. The Labute approximate surface area is 160 Å². The van der Waals surface area contributed by atoms with E-state index >= 15 is 0 Å². The zero-order valence-electron chi connectivity index (χ0n) is 15.3. The van der Waals surface area contributed by atoms with Crippen molar-refractivity contribution in [3.05, 3.63) is 46.5 Å². The molecule has 8 nitrogen and oxygen atoms in total. The van der Waals surface area contributed by atoms with Gasteiger partial charge in [-0.25, -0.2) is 0 Å². The molecular formula is C20H17NO7. The topological polar surface area (TPSA) is 94.5 Å². The number of carbonyl (C=O) groups excluding carboxylic acids is 2. The van der Waals surface area contributed by atoms with Gasteiger partial charge in [0.1, 0.15) is 0 Å². The molecule has 3 heterocycles. The van der Waals surface area contributed by atoms with Crippen molar-refractivity contribution in [2.45, 2.75) is 12.1 Å². The van der Waals surface area contributed by atoms with E-state index in [1.165, 1.54) is 25.2 Å². The van der Waals surface area contributed by atoms with E-state index in [0.29, 0.717) is 29.2 Å². The van der Waals surface area contributed by atoms with Gasteiger partial charge in [-0.1, -0.05) is 0 Å². The van der Waals surface area contributed by atoms with Gasteiger partial charge in [-0.05, 0) is 36.2 Å². The molecule has 1 unspecified atom stereocenters. The number of methoxy groups -OCH3 is 2. The molecule has 0 radical (unpaired) electrons. The maximum Gasteiger partial charge on any atom is 0.261 e. The molecule has 5 rings (SSSR count). The minimum absolute atomic E-state index is 0.0765. The Hall–Kier alpha value is -3.26. The van der Waals surface area contributed by atoms with Crippen LogP contribution in [0.5, 0.6) is 23.0 Å². The Morgan fingerprint density at radius 3 is 2.57 bits per heavy atom. The number of ether oxygens (including phenoxy) is 4. The third-order valence-corrected chi connectivity index (χ3v) is 5.54. The highest BCUT2D eigenvalue weighted by atomic mass is 16.7. The number of ketones is 1. The molecule has 0 saturated carbocycles. The largest absolute Gasteiger partial charge is 0.493 e. The molecule has 8 heteroatoms. The van der Waals surface area contributed by atoms with E-state index in [4.69, 9.17) is 18.9 Å². The maximum atomic E-state index is 13.4. The quantitative estimate of drug-likeness (QED) is 0.839. The number of fused-ring (bicyclic) bond motifs is 5. The molecule has 0 saturated heterocycles. The molecule has 0 bridgehead atoms. The molecule has 1 N–H and O–H groups in total. The lowest BCUT2D eigenvalue weighted by atomic mass is 9.79. The van der Waals surface area contributed by atoms with Crippen molar-refractivity contribution in [3.8, 4) is 23.0 Å². The van der Waals surface area contributed by atoms with Gasteiger partial charge in [0.25, 0.3) is 5.91 Å². The van der Waals surface area contributed by atoms with Gasteiger partial charge in [-0.2, -0.15) is 0 Å². The monoisotopic (exact) mass is 383 g/mol. The molecule has 0 aliphatic carbocycles. The van der Waals surface area contributed by atoms with E-state index in [0.717, 1.165) is 5.56 Å². The fourth-order valence-electron chi connectivity index (χ4n) is 4.20. The summed E-state index contributed by atoms with van der Waals surface area (Å²) in [6.07, 6.45) is 0.467. The fourth-order valence-corrected chi connectivity index (χ4v) is 4.20. The number of amides is 1. The van der Waals surface area contributed by atoms with E-state index in [1.807, 2.05) is 0 Å². The normalized spacial score (nSPS) is 21.8. The van der Waals surface area contributed by atoms with Crippen molar-refractivity contribution in [1.82, 2.24) is 4.90 Å². The molecule has 2 aromatic carbocycles. The predicted octanol–water partition coefficient (Wildman–Crippen LogP) is 1.47. The summed E-state index contributed by atoms with van der Waals surface area (Å²) in [6.45, 7) is 0.251. The summed E-state index contributed by atoms with van der Waals surface area (Å²) in [7, 11) is 2.86. The van der Waals surface area contributed by atoms with Gasteiger partial charge in [-0.15, -0.1) is 0 Å². The highest BCUT2D eigenvalue weighted by molar-refractivity contribution is 6.18. The van der Waals surface area contributed by atoms with Crippen molar-refractivity contribution in [3.63, 3.8) is 0 Å². The Balaban J connectivity index is 1.75. The Morgan fingerprint density at radius 2 is 1.86 bits per heavy atom. The second kappa shape index (κ2) is 5.62. The standard InChI is InChI=1S/C20H17NO7/c1-25-13-4-3-11-16(17(13)26-2)19(23)21-6-5-10-7-14-15(28-9-27-14)8-12(10)20(21,24)18(11)22/h3-4,7-8,24H,5-6,9H2,1-2H3. The van der Waals surface area contributed by atoms with Crippen LogP contribution in [-0.4, -0.2) is 49.3 Å². The third-order valence-electron chi connectivity index (χ3n) is 5.54. The van der Waals surface area contributed by atoms with Crippen LogP contribution in [0.1, 0.15) is 31.8 Å². The molecular weight excluding hydrogens is 366 g/mol. The first-order chi connectivity index (χ1) is 13.5. The van der Waals surface area contributed by atoms with E-state index in [-0.39, 0.29) is 30.2 Å². The number of benzene rings is 2. The highest BCUT2D eigenvalue weighted by Gasteiger charge is 2.55. The van der Waals surface area contributed by atoms with Crippen LogP contribution < -0.4 is 18.9 Å². The van der Waals surface area contributed by atoms with Crippen molar-refractivity contribution in [2.75, 3.05) is 27.6 Å². The van der Waals surface area contributed by atoms with Crippen LogP contribution in [0, 0.1) is 0 Å². The number of hydrogen-bond donors (Lipinski definition) is 1. The summed E-state index contributed by atoms with van der Waals surface area (Å²) in [5.74, 6) is 0.439. The molecule has 1 atom stereocenters. The Bertz CT molecular complexity index is 1050. The van der Waals surface area contributed by atoms with Crippen molar-refractivity contribution >= 4 is 11.7 Å². The van der Waals surface area contributed by atoms with Crippen LogP contribution in [-0.2, 0) is 12.1 Å². The van der Waals surface area contributed by atoms with Crippen molar-refractivity contribution in [1.29, 1.82) is 0 Å². The first kappa shape index (κ1) is 16.9. The Morgan fingerprint density at radius 1 is 1.11 bits per heavy atom. The van der Waals surface area contributed by atoms with Gasteiger partial charge in [0.05, 0.1) is 19.8 Å². The number of Topliss-reactive ketones (excluding diaryl/α,β-unsaturated/α-hetero) is 1. The SMILES string of the molecule is COc1ccc2c(c1OC)C(=O)N1CCc3cc4c(cc3C1(O)C2=O)OCO4. The summed E-state index contributed by atoms with van der Waals surface area (Å²) in [4.78, 5) is 27.9. The lowest BCUT2D eigenvalue weighted by Crippen LogP contribution is -2.61. The average Bonchev–Trinajstić information content (AvgIpc) is 3.17. The van der Waals surface area contributed by atoms with Crippen LogP contribution in [0.3, 0.4) is 0 Å². The predicted molar refractivity (Wildman–Crippen MR) is 95.1 cm³/mol. The van der Waals surface area contributed by atoms with Gasteiger partial charge in [0, 0.05) is 17.7 Å². The summed E-state index contributed by atoms with van der Waals surface area (Å²) >= 11 is 0. The molecule has 0 fully saturated rings. The van der Waals surface area contributed by atoms with Gasteiger partial charge < -0.3 is 24.1 Å². The maximum absolute atomic E-state index is 13.4. The number of nitrogens with zero attached hydrogens (tertiary/aromatic N) is 1. The van der Waals surface area contributed by atoms with Gasteiger partial charge in [-0.3, -0.25) is 14.5 Å². The third kappa shape index (κ3) is 1.92. The van der Waals surface area contributed by atoms with Crippen LogP contribution in [0.2, 0.25) is 0 Å².